The zero-order chi connectivity index (χ0) is 18.7. The molecule has 3 aromatic rings. The summed E-state index contributed by atoms with van der Waals surface area (Å²) in [6.07, 6.45) is 3.22. The maximum Gasteiger partial charge on any atom is 0.347 e. The molecule has 0 radical (unpaired) electrons. The number of hydrogen-bond acceptors (Lipinski definition) is 3. The Morgan fingerprint density at radius 1 is 1.15 bits per heavy atom. The first-order valence-electron chi connectivity index (χ1n) is 8.32. The van der Waals surface area contributed by atoms with Gasteiger partial charge >= 0.3 is 5.69 Å². The fourth-order valence-corrected chi connectivity index (χ4v) is 3.30. The average molecular weight is 411 g/mol. The van der Waals surface area contributed by atoms with Gasteiger partial charge in [0.15, 0.2) is 5.78 Å². The highest BCUT2D eigenvalue weighted by molar-refractivity contribution is 9.10. The number of ketones is 1. The maximum atomic E-state index is 12.9. The van der Waals surface area contributed by atoms with Gasteiger partial charge in [-0.3, -0.25) is 4.79 Å². The molecule has 1 aromatic heterocycles. The second-order valence-corrected chi connectivity index (χ2v) is 7.24. The standard InChI is InChI=1S/C21H19BrN2O2/c1-14-5-3-4-6-18(14)19(15-7-9-17(22)10-8-15)11-20(25)16-12-23-21(26)24(2)13-16/h3-10,12-13,19H,11H2,1-2H3/t19-/m0/s1. The van der Waals surface area contributed by atoms with Crippen LogP contribution in [0.3, 0.4) is 0 Å². The molecule has 0 saturated heterocycles. The van der Waals surface area contributed by atoms with E-state index in [0.29, 0.717) is 12.0 Å². The number of nitrogens with zero attached hydrogens (tertiary/aromatic N) is 2. The van der Waals surface area contributed by atoms with Crippen molar-refractivity contribution in [2.75, 3.05) is 0 Å². The SMILES string of the molecule is Cc1ccccc1[C@@H](CC(=O)c1cnc(=O)n(C)c1)c1ccc(Br)cc1. The topological polar surface area (TPSA) is 52.0 Å². The number of carbonyl (C=O) groups is 1. The zero-order valence-electron chi connectivity index (χ0n) is 14.6. The van der Waals surface area contributed by atoms with E-state index in [1.54, 1.807) is 13.2 Å². The summed E-state index contributed by atoms with van der Waals surface area (Å²) in [6.45, 7) is 2.06. The van der Waals surface area contributed by atoms with Crippen molar-refractivity contribution in [3.8, 4) is 0 Å². The Morgan fingerprint density at radius 3 is 2.50 bits per heavy atom. The largest absolute Gasteiger partial charge is 0.347 e. The monoisotopic (exact) mass is 410 g/mol. The second-order valence-electron chi connectivity index (χ2n) is 6.32. The van der Waals surface area contributed by atoms with Crippen molar-refractivity contribution in [2.45, 2.75) is 19.3 Å². The molecule has 0 spiro atoms. The van der Waals surface area contributed by atoms with Gasteiger partial charge in [-0.25, -0.2) is 9.78 Å². The lowest BCUT2D eigenvalue weighted by Crippen LogP contribution is -2.21. The van der Waals surface area contributed by atoms with Crippen LogP contribution >= 0.6 is 15.9 Å². The Morgan fingerprint density at radius 2 is 1.85 bits per heavy atom. The number of hydrogen-bond donors (Lipinski definition) is 0. The Hall–Kier alpha value is -2.53. The molecule has 1 atom stereocenters. The lowest BCUT2D eigenvalue weighted by molar-refractivity contribution is 0.0976. The van der Waals surface area contributed by atoms with Crippen LogP contribution in [0.1, 0.15) is 39.4 Å². The third kappa shape index (κ3) is 3.99. The molecule has 0 aliphatic rings. The van der Waals surface area contributed by atoms with Crippen molar-refractivity contribution in [1.29, 1.82) is 0 Å². The molecule has 132 valence electrons. The molecule has 0 saturated carbocycles. The molecule has 4 nitrogen and oxygen atoms in total. The molecule has 0 amide bonds. The lowest BCUT2D eigenvalue weighted by Gasteiger charge is -2.20. The maximum absolute atomic E-state index is 12.9. The van der Waals surface area contributed by atoms with Crippen LogP contribution in [0.15, 0.2) is 70.2 Å². The number of aryl methyl sites for hydroxylation is 2. The Kier molecular flexibility index (Phi) is 5.47. The fourth-order valence-electron chi connectivity index (χ4n) is 3.04. The molecular weight excluding hydrogens is 392 g/mol. The molecule has 0 aliphatic heterocycles. The average Bonchev–Trinajstić information content (AvgIpc) is 2.63. The first kappa shape index (κ1) is 18.3. The van der Waals surface area contributed by atoms with Crippen LogP contribution in [0.5, 0.6) is 0 Å². The summed E-state index contributed by atoms with van der Waals surface area (Å²) in [6, 6.07) is 16.1. The van der Waals surface area contributed by atoms with Crippen LogP contribution in [0.25, 0.3) is 0 Å². The van der Waals surface area contributed by atoms with Gasteiger partial charge in [-0.2, -0.15) is 0 Å². The zero-order valence-corrected chi connectivity index (χ0v) is 16.2. The molecular formula is C21H19BrN2O2. The molecule has 26 heavy (non-hydrogen) atoms. The molecule has 1 heterocycles. The van der Waals surface area contributed by atoms with E-state index in [1.807, 2.05) is 36.4 Å². The van der Waals surface area contributed by atoms with Gasteiger partial charge in [0.25, 0.3) is 0 Å². The van der Waals surface area contributed by atoms with Crippen molar-refractivity contribution in [2.24, 2.45) is 7.05 Å². The summed E-state index contributed by atoms with van der Waals surface area (Å²) in [7, 11) is 1.60. The van der Waals surface area contributed by atoms with Gasteiger partial charge in [-0.1, -0.05) is 52.3 Å². The summed E-state index contributed by atoms with van der Waals surface area (Å²) >= 11 is 3.46. The first-order valence-corrected chi connectivity index (χ1v) is 9.12. The predicted molar refractivity (Wildman–Crippen MR) is 106 cm³/mol. The minimum absolute atomic E-state index is 0.0377. The summed E-state index contributed by atoms with van der Waals surface area (Å²) in [5.74, 6) is -0.0988. The summed E-state index contributed by atoms with van der Waals surface area (Å²) < 4.78 is 2.33. The summed E-state index contributed by atoms with van der Waals surface area (Å²) in [5.41, 5.74) is 3.43. The molecule has 0 fully saturated rings. The molecule has 0 unspecified atom stereocenters. The first-order chi connectivity index (χ1) is 12.5. The summed E-state index contributed by atoms with van der Waals surface area (Å²) in [5, 5.41) is 0. The van der Waals surface area contributed by atoms with Gasteiger partial charge in [0, 0.05) is 36.3 Å². The third-order valence-electron chi connectivity index (χ3n) is 4.50. The molecule has 0 N–H and O–H groups in total. The Bertz CT molecular complexity index is 993. The van der Waals surface area contributed by atoms with E-state index < -0.39 is 0 Å². The summed E-state index contributed by atoms with van der Waals surface area (Å²) in [4.78, 5) is 28.1. The van der Waals surface area contributed by atoms with E-state index in [0.717, 1.165) is 21.2 Å². The van der Waals surface area contributed by atoms with E-state index >= 15 is 0 Å². The van der Waals surface area contributed by atoms with Crippen LogP contribution in [0.4, 0.5) is 0 Å². The van der Waals surface area contributed by atoms with Gasteiger partial charge in [-0.05, 0) is 35.7 Å². The molecule has 2 aromatic carbocycles. The van der Waals surface area contributed by atoms with E-state index in [2.05, 4.69) is 40.0 Å². The predicted octanol–water partition coefficient (Wildman–Crippen LogP) is 4.26. The fraction of sp³-hybridized carbons (Fsp3) is 0.190. The van der Waals surface area contributed by atoms with Gasteiger partial charge in [0.05, 0.1) is 5.56 Å². The minimum Gasteiger partial charge on any atom is -0.302 e. The van der Waals surface area contributed by atoms with Crippen LogP contribution in [-0.4, -0.2) is 15.3 Å². The van der Waals surface area contributed by atoms with Gasteiger partial charge in [0.2, 0.25) is 0 Å². The van der Waals surface area contributed by atoms with Crippen molar-refractivity contribution < 1.29 is 4.79 Å². The van der Waals surface area contributed by atoms with Crippen LogP contribution in [-0.2, 0) is 7.05 Å². The van der Waals surface area contributed by atoms with E-state index in [4.69, 9.17) is 0 Å². The lowest BCUT2D eigenvalue weighted by atomic mass is 9.84. The molecule has 5 heteroatoms. The van der Waals surface area contributed by atoms with Gasteiger partial charge < -0.3 is 4.57 Å². The number of rotatable bonds is 5. The van der Waals surface area contributed by atoms with Crippen molar-refractivity contribution in [3.63, 3.8) is 0 Å². The minimum atomic E-state index is -0.370. The highest BCUT2D eigenvalue weighted by Gasteiger charge is 2.21. The molecule has 0 aliphatic carbocycles. The number of Topliss-reactive ketones (excluding diaryl/α,β-unsaturated/α-hetero) is 1. The highest BCUT2D eigenvalue weighted by Crippen LogP contribution is 2.32. The molecule has 0 bridgehead atoms. The second kappa shape index (κ2) is 7.79. The van der Waals surface area contributed by atoms with E-state index in [9.17, 15) is 9.59 Å². The number of benzene rings is 2. The van der Waals surface area contributed by atoms with Crippen LogP contribution in [0, 0.1) is 6.92 Å². The van der Waals surface area contributed by atoms with Crippen molar-refractivity contribution >= 4 is 21.7 Å². The quantitative estimate of drug-likeness (QED) is 0.590. The Balaban J connectivity index is 1.99. The van der Waals surface area contributed by atoms with Crippen molar-refractivity contribution in [3.05, 3.63) is 98.1 Å². The van der Waals surface area contributed by atoms with Crippen LogP contribution in [0.2, 0.25) is 0 Å². The van der Waals surface area contributed by atoms with Gasteiger partial charge in [-0.15, -0.1) is 0 Å². The Labute approximate surface area is 160 Å². The molecule has 3 rings (SSSR count). The third-order valence-corrected chi connectivity index (χ3v) is 5.02. The smallest absolute Gasteiger partial charge is 0.302 e. The number of halogens is 1. The van der Waals surface area contributed by atoms with E-state index in [-0.39, 0.29) is 17.4 Å². The van der Waals surface area contributed by atoms with E-state index in [1.165, 1.54) is 10.8 Å². The number of carbonyl (C=O) groups excluding carboxylic acids is 1. The highest BCUT2D eigenvalue weighted by atomic mass is 79.9. The normalized spacial score (nSPS) is 12.0. The number of aromatic nitrogens is 2. The van der Waals surface area contributed by atoms with Crippen LogP contribution < -0.4 is 5.69 Å². The van der Waals surface area contributed by atoms with Gasteiger partial charge in [0.1, 0.15) is 0 Å². The van der Waals surface area contributed by atoms with Crippen molar-refractivity contribution in [1.82, 2.24) is 9.55 Å².